The molecule has 0 bridgehead atoms. The smallest absolute Gasteiger partial charge is 0.109 e. The fraction of sp³-hybridized carbons (Fsp3) is 1.00. The van der Waals surface area contributed by atoms with E-state index in [1.54, 1.807) is 7.11 Å². The van der Waals surface area contributed by atoms with Gasteiger partial charge in [0.05, 0.1) is 7.11 Å². The van der Waals surface area contributed by atoms with Gasteiger partial charge in [0.15, 0.2) is 0 Å². The SMILES string of the molecule is CON1CCCCC1Cl. The van der Waals surface area contributed by atoms with Crippen LogP contribution in [0.3, 0.4) is 0 Å². The predicted octanol–water partition coefficient (Wildman–Crippen LogP) is 1.60. The second kappa shape index (κ2) is 3.40. The Kier molecular flexibility index (Phi) is 2.76. The van der Waals surface area contributed by atoms with Crippen molar-refractivity contribution in [1.29, 1.82) is 0 Å². The average molecular weight is 150 g/mol. The van der Waals surface area contributed by atoms with Crippen LogP contribution in [0.1, 0.15) is 19.3 Å². The van der Waals surface area contributed by atoms with E-state index in [1.165, 1.54) is 12.8 Å². The third kappa shape index (κ3) is 1.81. The van der Waals surface area contributed by atoms with Crippen LogP contribution < -0.4 is 0 Å². The fourth-order valence-electron chi connectivity index (χ4n) is 1.07. The van der Waals surface area contributed by atoms with Crippen LogP contribution in [0.15, 0.2) is 0 Å². The van der Waals surface area contributed by atoms with E-state index in [0.29, 0.717) is 0 Å². The second-order valence-corrected chi connectivity index (χ2v) is 2.76. The maximum Gasteiger partial charge on any atom is 0.109 e. The van der Waals surface area contributed by atoms with Crippen molar-refractivity contribution < 1.29 is 4.84 Å². The molecule has 1 rings (SSSR count). The zero-order chi connectivity index (χ0) is 6.69. The van der Waals surface area contributed by atoms with Crippen molar-refractivity contribution in [2.75, 3.05) is 13.7 Å². The highest BCUT2D eigenvalue weighted by atomic mass is 35.5. The van der Waals surface area contributed by atoms with Gasteiger partial charge in [0.1, 0.15) is 5.50 Å². The summed E-state index contributed by atoms with van der Waals surface area (Å²) in [5, 5.41) is 1.82. The number of halogens is 1. The molecule has 0 aliphatic carbocycles. The number of hydrogen-bond acceptors (Lipinski definition) is 2. The van der Waals surface area contributed by atoms with Crippen molar-refractivity contribution in [2.45, 2.75) is 24.8 Å². The van der Waals surface area contributed by atoms with Crippen LogP contribution in [0.5, 0.6) is 0 Å². The monoisotopic (exact) mass is 149 g/mol. The van der Waals surface area contributed by atoms with Crippen LogP contribution in [0.25, 0.3) is 0 Å². The maximum absolute atomic E-state index is 5.88. The molecule has 0 N–H and O–H groups in total. The molecule has 0 aromatic rings. The number of alkyl halides is 1. The predicted molar refractivity (Wildman–Crippen MR) is 37.2 cm³/mol. The molecule has 0 saturated carbocycles. The van der Waals surface area contributed by atoms with Gasteiger partial charge in [0.25, 0.3) is 0 Å². The molecule has 0 aromatic heterocycles. The van der Waals surface area contributed by atoms with E-state index in [0.717, 1.165) is 13.0 Å². The van der Waals surface area contributed by atoms with Gasteiger partial charge < -0.3 is 4.84 Å². The molecule has 1 unspecified atom stereocenters. The molecule has 1 fully saturated rings. The van der Waals surface area contributed by atoms with Crippen molar-refractivity contribution in [3.05, 3.63) is 0 Å². The van der Waals surface area contributed by atoms with E-state index in [2.05, 4.69) is 0 Å². The Morgan fingerprint density at radius 1 is 1.56 bits per heavy atom. The topological polar surface area (TPSA) is 12.5 Å². The molecule has 54 valence electrons. The largest absolute Gasteiger partial charge is 0.301 e. The minimum absolute atomic E-state index is 0.101. The van der Waals surface area contributed by atoms with Gasteiger partial charge >= 0.3 is 0 Å². The summed E-state index contributed by atoms with van der Waals surface area (Å²) in [6.45, 7) is 0.977. The summed E-state index contributed by atoms with van der Waals surface area (Å²) in [5.74, 6) is 0. The summed E-state index contributed by atoms with van der Waals surface area (Å²) >= 11 is 5.88. The highest BCUT2D eigenvalue weighted by molar-refractivity contribution is 6.20. The Morgan fingerprint density at radius 2 is 2.33 bits per heavy atom. The summed E-state index contributed by atoms with van der Waals surface area (Å²) in [6.07, 6.45) is 3.49. The number of nitrogens with zero attached hydrogens (tertiary/aromatic N) is 1. The van der Waals surface area contributed by atoms with E-state index < -0.39 is 0 Å². The quantitative estimate of drug-likeness (QED) is 0.415. The molecule has 1 aliphatic rings. The first-order valence-electron chi connectivity index (χ1n) is 3.29. The van der Waals surface area contributed by atoms with Gasteiger partial charge in [-0.1, -0.05) is 0 Å². The molecule has 0 radical (unpaired) electrons. The summed E-state index contributed by atoms with van der Waals surface area (Å²) in [5.41, 5.74) is 0.101. The van der Waals surface area contributed by atoms with E-state index >= 15 is 0 Å². The Hall–Kier alpha value is 0.210. The number of hydrogen-bond donors (Lipinski definition) is 0. The van der Waals surface area contributed by atoms with Gasteiger partial charge in [0, 0.05) is 6.54 Å². The Bertz CT molecular complexity index is 89.1. The normalized spacial score (nSPS) is 30.7. The van der Waals surface area contributed by atoms with Gasteiger partial charge in [-0.25, -0.2) is 0 Å². The van der Waals surface area contributed by atoms with E-state index in [4.69, 9.17) is 16.4 Å². The van der Waals surface area contributed by atoms with Crippen LogP contribution in [0, 0.1) is 0 Å². The highest BCUT2D eigenvalue weighted by Crippen LogP contribution is 2.18. The molecule has 1 aliphatic heterocycles. The third-order valence-electron chi connectivity index (χ3n) is 1.62. The van der Waals surface area contributed by atoms with Crippen LogP contribution in [0.2, 0.25) is 0 Å². The first-order chi connectivity index (χ1) is 4.34. The van der Waals surface area contributed by atoms with E-state index in [9.17, 15) is 0 Å². The lowest BCUT2D eigenvalue weighted by atomic mass is 10.2. The zero-order valence-corrected chi connectivity index (χ0v) is 6.40. The van der Waals surface area contributed by atoms with E-state index in [-0.39, 0.29) is 5.50 Å². The molecule has 9 heavy (non-hydrogen) atoms. The molecule has 0 amide bonds. The molecule has 1 saturated heterocycles. The highest BCUT2D eigenvalue weighted by Gasteiger charge is 2.18. The van der Waals surface area contributed by atoms with Crippen molar-refractivity contribution >= 4 is 11.6 Å². The van der Waals surface area contributed by atoms with Gasteiger partial charge in [-0.05, 0) is 19.3 Å². The first kappa shape index (κ1) is 7.32. The Morgan fingerprint density at radius 3 is 2.78 bits per heavy atom. The van der Waals surface area contributed by atoms with Gasteiger partial charge in [-0.15, -0.1) is 11.6 Å². The molecule has 0 spiro atoms. The number of piperidine rings is 1. The van der Waals surface area contributed by atoms with Crippen molar-refractivity contribution in [3.8, 4) is 0 Å². The van der Waals surface area contributed by atoms with Crippen LogP contribution in [-0.4, -0.2) is 24.2 Å². The molecular formula is C6H12ClNO. The number of rotatable bonds is 1. The summed E-state index contributed by atoms with van der Waals surface area (Å²) < 4.78 is 0. The van der Waals surface area contributed by atoms with Crippen molar-refractivity contribution in [3.63, 3.8) is 0 Å². The third-order valence-corrected chi connectivity index (χ3v) is 2.05. The lowest BCUT2D eigenvalue weighted by molar-refractivity contribution is -0.153. The lowest BCUT2D eigenvalue weighted by Crippen LogP contribution is -2.34. The van der Waals surface area contributed by atoms with Crippen molar-refractivity contribution in [2.24, 2.45) is 0 Å². The molecule has 3 heteroatoms. The molecule has 0 aromatic carbocycles. The molecular weight excluding hydrogens is 138 g/mol. The summed E-state index contributed by atoms with van der Waals surface area (Å²) in [4.78, 5) is 5.00. The molecule has 2 nitrogen and oxygen atoms in total. The lowest BCUT2D eigenvalue weighted by Gasteiger charge is -2.28. The van der Waals surface area contributed by atoms with Crippen LogP contribution in [0.4, 0.5) is 0 Å². The van der Waals surface area contributed by atoms with E-state index in [1.807, 2.05) is 5.06 Å². The van der Waals surface area contributed by atoms with Crippen LogP contribution >= 0.6 is 11.6 Å². The summed E-state index contributed by atoms with van der Waals surface area (Å²) in [6, 6.07) is 0. The zero-order valence-electron chi connectivity index (χ0n) is 5.64. The standard InChI is InChI=1S/C6H12ClNO/c1-9-8-5-3-2-4-6(8)7/h6H,2-5H2,1H3. The first-order valence-corrected chi connectivity index (χ1v) is 3.73. The Labute approximate surface area is 60.7 Å². The Balaban J connectivity index is 2.30. The summed E-state index contributed by atoms with van der Waals surface area (Å²) in [7, 11) is 1.67. The molecule has 1 atom stereocenters. The van der Waals surface area contributed by atoms with Gasteiger partial charge in [-0.2, -0.15) is 5.06 Å². The minimum atomic E-state index is 0.101. The van der Waals surface area contributed by atoms with Gasteiger partial charge in [0.2, 0.25) is 0 Å². The minimum Gasteiger partial charge on any atom is -0.301 e. The van der Waals surface area contributed by atoms with Crippen LogP contribution in [-0.2, 0) is 4.84 Å². The molecule has 1 heterocycles. The fourth-order valence-corrected chi connectivity index (χ4v) is 1.40. The maximum atomic E-state index is 5.88. The van der Waals surface area contributed by atoms with Gasteiger partial charge in [-0.3, -0.25) is 0 Å². The average Bonchev–Trinajstić information content (AvgIpc) is 1.89. The second-order valence-electron chi connectivity index (χ2n) is 2.25. The van der Waals surface area contributed by atoms with Crippen molar-refractivity contribution in [1.82, 2.24) is 5.06 Å². The number of hydroxylamine groups is 2.